The summed E-state index contributed by atoms with van der Waals surface area (Å²) in [7, 11) is 1.27. The summed E-state index contributed by atoms with van der Waals surface area (Å²) in [4.78, 5) is 10.8. The molecule has 0 aromatic heterocycles. The van der Waals surface area contributed by atoms with Crippen molar-refractivity contribution in [3.8, 4) is 0 Å². The fraction of sp³-hybridized carbons (Fsp3) is 0.889. The lowest BCUT2D eigenvalue weighted by Gasteiger charge is -2.21. The van der Waals surface area contributed by atoms with Crippen molar-refractivity contribution >= 4 is 5.97 Å². The van der Waals surface area contributed by atoms with Gasteiger partial charge in [0.1, 0.15) is 6.10 Å². The number of rotatable bonds is 7. The highest BCUT2D eigenvalue weighted by molar-refractivity contribution is 5.69. The van der Waals surface area contributed by atoms with Crippen LogP contribution >= 0.6 is 0 Å². The summed E-state index contributed by atoms with van der Waals surface area (Å²) in [5, 5.41) is 9.52. The Morgan fingerprint density at radius 1 is 1.29 bits per heavy atom. The number of esters is 1. The molecule has 0 saturated heterocycles. The van der Waals surface area contributed by atoms with Gasteiger partial charge >= 0.3 is 5.97 Å². The van der Waals surface area contributed by atoms with Crippen LogP contribution in [0.1, 0.15) is 20.3 Å². The fourth-order valence-electron chi connectivity index (χ4n) is 0.949. The first-order chi connectivity index (χ1) is 6.65. The molecule has 5 nitrogen and oxygen atoms in total. The summed E-state index contributed by atoms with van der Waals surface area (Å²) in [5.74, 6) is -0.484. The molecule has 0 fully saturated rings. The molecule has 0 heterocycles. The van der Waals surface area contributed by atoms with Gasteiger partial charge in [0.15, 0.2) is 6.29 Å². The molecular weight excluding hydrogens is 188 g/mol. The molecule has 14 heavy (non-hydrogen) atoms. The van der Waals surface area contributed by atoms with E-state index in [1.54, 1.807) is 13.8 Å². The fourth-order valence-corrected chi connectivity index (χ4v) is 0.949. The summed E-state index contributed by atoms with van der Waals surface area (Å²) in [6, 6.07) is 0. The van der Waals surface area contributed by atoms with Crippen LogP contribution in [-0.2, 0) is 19.0 Å². The van der Waals surface area contributed by atoms with Gasteiger partial charge in [0, 0.05) is 13.2 Å². The molecule has 0 unspecified atom stereocenters. The standard InChI is InChI=1S/C9H18O5/c1-4-13-9(14-5-2)7(10)6-8(11)12-3/h7,9-10H,4-6H2,1-3H3/t7-/m0/s1. The SMILES string of the molecule is CCOC(OCC)[C@@H](O)CC(=O)OC. The maximum Gasteiger partial charge on any atom is 0.308 e. The monoisotopic (exact) mass is 206 g/mol. The van der Waals surface area contributed by atoms with Crippen LogP contribution in [0.2, 0.25) is 0 Å². The maximum atomic E-state index is 10.8. The number of hydrogen-bond acceptors (Lipinski definition) is 5. The van der Waals surface area contributed by atoms with Crippen LogP contribution in [0.5, 0.6) is 0 Å². The average molecular weight is 206 g/mol. The Morgan fingerprint density at radius 3 is 2.14 bits per heavy atom. The maximum absolute atomic E-state index is 10.8. The summed E-state index contributed by atoms with van der Waals surface area (Å²) < 4.78 is 14.6. The lowest BCUT2D eigenvalue weighted by Crippen LogP contribution is -2.34. The third-order valence-electron chi connectivity index (χ3n) is 1.58. The third-order valence-corrected chi connectivity index (χ3v) is 1.58. The average Bonchev–Trinajstić information content (AvgIpc) is 2.17. The Hall–Kier alpha value is -0.650. The lowest BCUT2D eigenvalue weighted by atomic mass is 10.2. The molecule has 0 spiro atoms. The quantitative estimate of drug-likeness (QED) is 0.479. The van der Waals surface area contributed by atoms with E-state index < -0.39 is 18.4 Å². The molecule has 0 bridgehead atoms. The van der Waals surface area contributed by atoms with Gasteiger partial charge in [-0.1, -0.05) is 0 Å². The molecular formula is C9H18O5. The molecule has 0 aromatic carbocycles. The van der Waals surface area contributed by atoms with Crippen molar-refractivity contribution in [2.75, 3.05) is 20.3 Å². The minimum Gasteiger partial charge on any atom is -0.469 e. The van der Waals surface area contributed by atoms with Crippen LogP contribution in [-0.4, -0.2) is 43.8 Å². The summed E-state index contributed by atoms with van der Waals surface area (Å²) in [6.45, 7) is 4.42. The first kappa shape index (κ1) is 13.4. The molecule has 0 amide bonds. The smallest absolute Gasteiger partial charge is 0.308 e. The minimum absolute atomic E-state index is 0.124. The Bertz CT molecular complexity index is 153. The minimum atomic E-state index is -0.984. The summed E-state index contributed by atoms with van der Waals surface area (Å²) in [6.07, 6.45) is -1.87. The van der Waals surface area contributed by atoms with E-state index in [2.05, 4.69) is 4.74 Å². The molecule has 0 aliphatic carbocycles. The van der Waals surface area contributed by atoms with Crippen molar-refractivity contribution in [3.63, 3.8) is 0 Å². The number of hydrogen-bond donors (Lipinski definition) is 1. The largest absolute Gasteiger partial charge is 0.469 e. The van der Waals surface area contributed by atoms with Gasteiger partial charge in [0.25, 0.3) is 0 Å². The molecule has 84 valence electrons. The van der Waals surface area contributed by atoms with Crippen LogP contribution in [0, 0.1) is 0 Å². The Labute approximate surface area is 84.0 Å². The predicted molar refractivity (Wildman–Crippen MR) is 49.7 cm³/mol. The van der Waals surface area contributed by atoms with E-state index in [9.17, 15) is 9.90 Å². The van der Waals surface area contributed by atoms with Gasteiger partial charge < -0.3 is 19.3 Å². The van der Waals surface area contributed by atoms with Crippen LogP contribution in [0.3, 0.4) is 0 Å². The van der Waals surface area contributed by atoms with Crippen LogP contribution < -0.4 is 0 Å². The highest BCUT2D eigenvalue weighted by Crippen LogP contribution is 2.06. The molecule has 0 aliphatic heterocycles. The molecule has 0 radical (unpaired) electrons. The molecule has 0 aromatic rings. The van der Waals surface area contributed by atoms with E-state index in [-0.39, 0.29) is 6.42 Å². The Kier molecular flexibility index (Phi) is 7.37. The third kappa shape index (κ3) is 5.16. The van der Waals surface area contributed by atoms with Gasteiger partial charge in [-0.2, -0.15) is 0 Å². The second-order valence-corrected chi connectivity index (χ2v) is 2.63. The highest BCUT2D eigenvalue weighted by Gasteiger charge is 2.22. The molecule has 5 heteroatoms. The van der Waals surface area contributed by atoms with E-state index >= 15 is 0 Å². The van der Waals surface area contributed by atoms with Crippen LogP contribution in [0.25, 0.3) is 0 Å². The van der Waals surface area contributed by atoms with Crippen molar-refractivity contribution in [3.05, 3.63) is 0 Å². The number of aliphatic hydroxyl groups is 1. The topological polar surface area (TPSA) is 65.0 Å². The molecule has 1 N–H and O–H groups in total. The zero-order valence-electron chi connectivity index (χ0n) is 8.86. The molecule has 0 rings (SSSR count). The number of aliphatic hydroxyl groups excluding tert-OH is 1. The molecule has 1 atom stereocenters. The number of carbonyl (C=O) groups excluding carboxylic acids is 1. The number of carbonyl (C=O) groups is 1. The van der Waals surface area contributed by atoms with Crippen LogP contribution in [0.15, 0.2) is 0 Å². The zero-order valence-corrected chi connectivity index (χ0v) is 8.86. The van der Waals surface area contributed by atoms with E-state index in [4.69, 9.17) is 9.47 Å². The zero-order chi connectivity index (χ0) is 11.0. The van der Waals surface area contributed by atoms with Crippen molar-refractivity contribution in [1.29, 1.82) is 0 Å². The van der Waals surface area contributed by atoms with Gasteiger partial charge in [0.2, 0.25) is 0 Å². The van der Waals surface area contributed by atoms with E-state index in [1.165, 1.54) is 7.11 Å². The van der Waals surface area contributed by atoms with Gasteiger partial charge in [-0.25, -0.2) is 0 Å². The van der Waals surface area contributed by atoms with E-state index in [1.807, 2.05) is 0 Å². The number of ether oxygens (including phenoxy) is 3. The van der Waals surface area contributed by atoms with Crippen molar-refractivity contribution in [2.45, 2.75) is 32.7 Å². The van der Waals surface area contributed by atoms with Crippen molar-refractivity contribution in [2.24, 2.45) is 0 Å². The van der Waals surface area contributed by atoms with Crippen LogP contribution in [0.4, 0.5) is 0 Å². The van der Waals surface area contributed by atoms with E-state index in [0.29, 0.717) is 13.2 Å². The highest BCUT2D eigenvalue weighted by atomic mass is 16.7. The van der Waals surface area contributed by atoms with Gasteiger partial charge in [-0.3, -0.25) is 4.79 Å². The summed E-state index contributed by atoms with van der Waals surface area (Å²) in [5.41, 5.74) is 0. The second kappa shape index (κ2) is 7.73. The van der Waals surface area contributed by atoms with Gasteiger partial charge in [-0.05, 0) is 13.8 Å². The molecule has 0 aliphatic rings. The first-order valence-electron chi connectivity index (χ1n) is 4.63. The predicted octanol–water partition coefficient (Wildman–Crippen LogP) is 0.309. The van der Waals surface area contributed by atoms with Crippen molar-refractivity contribution < 1.29 is 24.1 Å². The summed E-state index contributed by atoms with van der Waals surface area (Å²) >= 11 is 0. The molecule has 0 saturated carbocycles. The Balaban J connectivity index is 3.99. The number of methoxy groups -OCH3 is 1. The van der Waals surface area contributed by atoms with Gasteiger partial charge in [0.05, 0.1) is 13.5 Å². The normalized spacial score (nSPS) is 12.9. The van der Waals surface area contributed by atoms with Gasteiger partial charge in [-0.15, -0.1) is 0 Å². The van der Waals surface area contributed by atoms with E-state index in [0.717, 1.165) is 0 Å². The first-order valence-corrected chi connectivity index (χ1v) is 4.63. The Morgan fingerprint density at radius 2 is 1.79 bits per heavy atom. The second-order valence-electron chi connectivity index (χ2n) is 2.63. The lowest BCUT2D eigenvalue weighted by molar-refractivity contribution is -0.194. The van der Waals surface area contributed by atoms with Crippen molar-refractivity contribution in [1.82, 2.24) is 0 Å².